The fourth-order valence-corrected chi connectivity index (χ4v) is 0.432. The van der Waals surface area contributed by atoms with Crippen LogP contribution in [0, 0.1) is 0 Å². The van der Waals surface area contributed by atoms with Gasteiger partial charge in [-0.05, 0) is 0 Å². The Hall–Kier alpha value is -1.18. The van der Waals surface area contributed by atoms with E-state index < -0.39 is 18.1 Å². The zero-order valence-corrected chi connectivity index (χ0v) is 5.00. The van der Waals surface area contributed by atoms with E-state index in [2.05, 4.69) is 15.4 Å². The number of aliphatic hydroxyl groups is 1. The summed E-state index contributed by atoms with van der Waals surface area (Å²) in [6.45, 7) is 0. The van der Waals surface area contributed by atoms with Crippen LogP contribution in [-0.2, 0) is 0 Å². The van der Waals surface area contributed by atoms with Gasteiger partial charge in [0, 0.05) is 0 Å². The van der Waals surface area contributed by atoms with E-state index in [0.29, 0.717) is 0 Å². The molecule has 62 valence electrons. The van der Waals surface area contributed by atoms with Crippen molar-refractivity contribution in [1.29, 1.82) is 0 Å². The Labute approximate surface area is 58.2 Å². The predicted octanol–water partition coefficient (Wildman–Crippen LogP) is -0.205. The molecular weight excluding hydrogens is 165 g/mol. The van der Waals surface area contributed by atoms with E-state index >= 15 is 0 Å². The third-order valence-corrected chi connectivity index (χ3v) is 0.916. The number of halogens is 3. The average molecular weight is 168 g/mol. The van der Waals surface area contributed by atoms with Crippen LogP contribution < -0.4 is 0 Å². The second-order valence-corrected chi connectivity index (χ2v) is 1.71. The lowest BCUT2D eigenvalue weighted by Crippen LogP contribution is -2.21. The van der Waals surface area contributed by atoms with Crippen LogP contribution in [0.4, 0.5) is 13.2 Å². The number of hydrogen-bond acceptors (Lipinski definition) is 4. The molecule has 0 unspecified atom stereocenters. The van der Waals surface area contributed by atoms with Crippen LogP contribution in [0.1, 0.15) is 11.9 Å². The lowest BCUT2D eigenvalue weighted by atomic mass is 10.3. The van der Waals surface area contributed by atoms with Crippen LogP contribution >= 0.6 is 0 Å². The SMILES string of the molecule is O[C@H](c1nn[nH]n1)C(F)(F)F. The van der Waals surface area contributed by atoms with E-state index in [-0.39, 0.29) is 0 Å². The number of aromatic nitrogens is 4. The van der Waals surface area contributed by atoms with Gasteiger partial charge in [-0.3, -0.25) is 0 Å². The number of aromatic amines is 1. The highest BCUT2D eigenvalue weighted by Crippen LogP contribution is 2.29. The van der Waals surface area contributed by atoms with Crippen molar-refractivity contribution < 1.29 is 18.3 Å². The van der Waals surface area contributed by atoms with Gasteiger partial charge in [0.2, 0.25) is 11.9 Å². The normalized spacial score (nSPS) is 14.9. The van der Waals surface area contributed by atoms with Crippen molar-refractivity contribution in [2.45, 2.75) is 12.3 Å². The Morgan fingerprint density at radius 3 is 2.45 bits per heavy atom. The van der Waals surface area contributed by atoms with Crippen molar-refractivity contribution in [1.82, 2.24) is 20.6 Å². The summed E-state index contributed by atoms with van der Waals surface area (Å²) in [5.41, 5.74) is 0. The third kappa shape index (κ3) is 1.64. The number of aliphatic hydroxyl groups excluding tert-OH is 1. The van der Waals surface area contributed by atoms with Gasteiger partial charge >= 0.3 is 6.18 Å². The van der Waals surface area contributed by atoms with Crippen LogP contribution in [0.2, 0.25) is 0 Å². The quantitative estimate of drug-likeness (QED) is 0.608. The first-order chi connectivity index (χ1) is 5.02. The maximum atomic E-state index is 11.6. The van der Waals surface area contributed by atoms with E-state index in [9.17, 15) is 13.2 Å². The molecular formula is C3H3F3N4O. The molecule has 1 aromatic rings. The first-order valence-corrected chi connectivity index (χ1v) is 2.50. The largest absolute Gasteiger partial charge is 0.421 e. The molecule has 5 nitrogen and oxygen atoms in total. The van der Waals surface area contributed by atoms with Crippen LogP contribution in [0.3, 0.4) is 0 Å². The molecule has 8 heteroatoms. The highest BCUT2D eigenvalue weighted by atomic mass is 19.4. The molecule has 0 radical (unpaired) electrons. The Balaban J connectivity index is 2.78. The van der Waals surface area contributed by atoms with Crippen molar-refractivity contribution in [3.63, 3.8) is 0 Å². The summed E-state index contributed by atoms with van der Waals surface area (Å²) in [7, 11) is 0. The lowest BCUT2D eigenvalue weighted by Gasteiger charge is -2.08. The first-order valence-electron chi connectivity index (χ1n) is 2.50. The molecule has 11 heavy (non-hydrogen) atoms. The van der Waals surface area contributed by atoms with E-state index in [1.165, 1.54) is 0 Å². The third-order valence-electron chi connectivity index (χ3n) is 0.916. The Morgan fingerprint density at radius 1 is 1.45 bits per heavy atom. The van der Waals surface area contributed by atoms with E-state index in [1.54, 1.807) is 0 Å². The number of hydrogen-bond donors (Lipinski definition) is 2. The summed E-state index contributed by atoms with van der Waals surface area (Å²) in [5.74, 6) is -0.780. The number of nitrogens with zero attached hydrogens (tertiary/aromatic N) is 3. The fraction of sp³-hybridized carbons (Fsp3) is 0.667. The summed E-state index contributed by atoms with van der Waals surface area (Å²) >= 11 is 0. The molecule has 1 rings (SSSR count). The number of H-pyrrole nitrogens is 1. The summed E-state index contributed by atoms with van der Waals surface area (Å²) in [5, 5.41) is 19.0. The topological polar surface area (TPSA) is 74.7 Å². The predicted molar refractivity (Wildman–Crippen MR) is 25.2 cm³/mol. The number of nitrogens with one attached hydrogen (secondary N) is 1. The van der Waals surface area contributed by atoms with E-state index in [1.807, 2.05) is 5.21 Å². The van der Waals surface area contributed by atoms with Crippen LogP contribution in [0.5, 0.6) is 0 Å². The summed E-state index contributed by atoms with van der Waals surface area (Å²) in [6, 6.07) is 0. The van der Waals surface area contributed by atoms with Crippen LogP contribution in [-0.4, -0.2) is 31.9 Å². The average Bonchev–Trinajstić information content (AvgIpc) is 2.34. The fourth-order valence-electron chi connectivity index (χ4n) is 0.432. The van der Waals surface area contributed by atoms with Gasteiger partial charge < -0.3 is 5.11 Å². The van der Waals surface area contributed by atoms with Crippen molar-refractivity contribution in [2.75, 3.05) is 0 Å². The molecule has 0 aliphatic carbocycles. The summed E-state index contributed by atoms with van der Waals surface area (Å²) < 4.78 is 34.9. The van der Waals surface area contributed by atoms with Gasteiger partial charge in [-0.1, -0.05) is 5.21 Å². The molecule has 1 heterocycles. The van der Waals surface area contributed by atoms with Crippen molar-refractivity contribution >= 4 is 0 Å². The highest BCUT2D eigenvalue weighted by molar-refractivity contribution is 4.87. The molecule has 2 N–H and O–H groups in total. The lowest BCUT2D eigenvalue weighted by molar-refractivity contribution is -0.209. The van der Waals surface area contributed by atoms with Gasteiger partial charge in [0.1, 0.15) is 0 Å². The van der Waals surface area contributed by atoms with Crippen molar-refractivity contribution in [3.8, 4) is 0 Å². The minimum Gasteiger partial charge on any atom is -0.377 e. The Kier molecular flexibility index (Phi) is 1.77. The molecule has 0 aromatic carbocycles. The second kappa shape index (κ2) is 2.46. The standard InChI is InChI=1S/C3H3F3N4O/c4-3(5,6)1(11)2-7-9-10-8-2/h1,11H,(H,7,8,9,10)/t1-/m1/s1. The number of alkyl halides is 3. The van der Waals surface area contributed by atoms with E-state index in [4.69, 9.17) is 5.11 Å². The zero-order valence-electron chi connectivity index (χ0n) is 5.00. The molecule has 0 saturated heterocycles. The van der Waals surface area contributed by atoms with Gasteiger partial charge in [-0.25, -0.2) is 0 Å². The maximum absolute atomic E-state index is 11.6. The second-order valence-electron chi connectivity index (χ2n) is 1.71. The van der Waals surface area contributed by atoms with Gasteiger partial charge in [-0.2, -0.15) is 18.4 Å². The molecule has 0 amide bonds. The first kappa shape index (κ1) is 7.92. The molecule has 1 atom stereocenters. The zero-order chi connectivity index (χ0) is 8.48. The smallest absolute Gasteiger partial charge is 0.377 e. The Bertz CT molecular complexity index is 219. The number of rotatable bonds is 1. The van der Waals surface area contributed by atoms with Crippen molar-refractivity contribution in [2.24, 2.45) is 0 Å². The van der Waals surface area contributed by atoms with Crippen LogP contribution in [0.15, 0.2) is 0 Å². The number of tetrazole rings is 1. The van der Waals surface area contributed by atoms with E-state index in [0.717, 1.165) is 0 Å². The minimum atomic E-state index is -4.75. The Morgan fingerprint density at radius 2 is 2.09 bits per heavy atom. The molecule has 0 spiro atoms. The minimum absolute atomic E-state index is 0.780. The van der Waals surface area contributed by atoms with Crippen molar-refractivity contribution in [3.05, 3.63) is 5.82 Å². The van der Waals surface area contributed by atoms with Gasteiger partial charge in [0.25, 0.3) is 0 Å². The van der Waals surface area contributed by atoms with Gasteiger partial charge in [0.05, 0.1) is 0 Å². The molecule has 0 aliphatic heterocycles. The molecule has 0 saturated carbocycles. The molecule has 0 aliphatic rings. The maximum Gasteiger partial charge on any atom is 0.421 e. The van der Waals surface area contributed by atoms with Crippen LogP contribution in [0.25, 0.3) is 0 Å². The monoisotopic (exact) mass is 168 g/mol. The molecule has 0 bridgehead atoms. The highest BCUT2D eigenvalue weighted by Gasteiger charge is 2.42. The van der Waals surface area contributed by atoms with Gasteiger partial charge in [-0.15, -0.1) is 10.2 Å². The molecule has 0 fully saturated rings. The summed E-state index contributed by atoms with van der Waals surface area (Å²) in [6.07, 6.45) is -7.41. The summed E-state index contributed by atoms with van der Waals surface area (Å²) in [4.78, 5) is 0. The van der Waals surface area contributed by atoms with Gasteiger partial charge in [0.15, 0.2) is 0 Å². The molecule has 1 aromatic heterocycles.